The molecule has 32 heavy (non-hydrogen) atoms. The summed E-state index contributed by atoms with van der Waals surface area (Å²) in [7, 11) is 0. The van der Waals surface area contributed by atoms with Crippen LogP contribution in [-0.2, 0) is 24.2 Å². The molecule has 5 heteroatoms. The van der Waals surface area contributed by atoms with Crippen LogP contribution in [-0.4, -0.2) is 24.9 Å². The van der Waals surface area contributed by atoms with E-state index in [0.29, 0.717) is 12.1 Å². The van der Waals surface area contributed by atoms with E-state index in [9.17, 15) is 9.59 Å². The summed E-state index contributed by atoms with van der Waals surface area (Å²) >= 11 is 0. The zero-order valence-electron chi connectivity index (χ0n) is 18.8. The molecule has 0 bridgehead atoms. The molecule has 168 valence electrons. The quantitative estimate of drug-likeness (QED) is 0.688. The average molecular weight is 432 g/mol. The van der Waals surface area contributed by atoms with Crippen molar-refractivity contribution < 1.29 is 9.59 Å². The van der Waals surface area contributed by atoms with Crippen molar-refractivity contribution in [3.63, 3.8) is 0 Å². The standard InChI is InChI=1S/C27H33N3O2/c31-26(21-10-11-21)29-23-12-13-24(25(17-23)30-14-3-1-2-4-15-30)27(32)28-18-19-8-9-20-6-5-7-22(20)16-19/h8-9,12-13,16-17,21H,1-7,10-11,14-15,18H2,(H,28,32)(H,29,31). The molecule has 1 heterocycles. The Hall–Kier alpha value is -2.82. The fraction of sp³-hybridized carbons (Fsp3) is 0.481. The lowest BCUT2D eigenvalue weighted by Gasteiger charge is -2.26. The molecule has 2 aliphatic carbocycles. The molecule has 2 aromatic carbocycles. The number of nitrogens with zero attached hydrogens (tertiary/aromatic N) is 1. The van der Waals surface area contributed by atoms with Crippen LogP contribution in [0.2, 0.25) is 0 Å². The molecule has 1 saturated carbocycles. The SMILES string of the molecule is O=C(NCc1ccc2c(c1)CCC2)c1ccc(NC(=O)C2CC2)cc1N1CCCCCC1. The van der Waals surface area contributed by atoms with Crippen LogP contribution in [0.25, 0.3) is 0 Å². The smallest absolute Gasteiger partial charge is 0.253 e. The van der Waals surface area contributed by atoms with Crippen molar-refractivity contribution in [1.29, 1.82) is 0 Å². The molecule has 0 atom stereocenters. The van der Waals surface area contributed by atoms with Crippen LogP contribution in [0.15, 0.2) is 36.4 Å². The van der Waals surface area contributed by atoms with Crippen molar-refractivity contribution >= 4 is 23.2 Å². The molecule has 2 N–H and O–H groups in total. The monoisotopic (exact) mass is 431 g/mol. The molecule has 0 unspecified atom stereocenters. The van der Waals surface area contributed by atoms with Gasteiger partial charge >= 0.3 is 0 Å². The number of anilines is 2. The lowest BCUT2D eigenvalue weighted by Crippen LogP contribution is -2.30. The van der Waals surface area contributed by atoms with E-state index in [-0.39, 0.29) is 17.7 Å². The Morgan fingerprint density at radius 1 is 0.875 bits per heavy atom. The number of hydrogen-bond acceptors (Lipinski definition) is 3. The summed E-state index contributed by atoms with van der Waals surface area (Å²) in [6.45, 7) is 2.43. The van der Waals surface area contributed by atoms with Crippen molar-refractivity contribution in [2.75, 3.05) is 23.3 Å². The predicted molar refractivity (Wildman–Crippen MR) is 128 cm³/mol. The van der Waals surface area contributed by atoms with Crippen LogP contribution in [0, 0.1) is 5.92 Å². The lowest BCUT2D eigenvalue weighted by molar-refractivity contribution is -0.117. The number of aryl methyl sites for hydroxylation is 2. The lowest BCUT2D eigenvalue weighted by atomic mass is 10.1. The van der Waals surface area contributed by atoms with Gasteiger partial charge in [0.2, 0.25) is 5.91 Å². The predicted octanol–water partition coefficient (Wildman–Crippen LogP) is 4.83. The van der Waals surface area contributed by atoms with Crippen LogP contribution in [0.1, 0.15) is 72.0 Å². The first-order valence-electron chi connectivity index (χ1n) is 12.3. The summed E-state index contributed by atoms with van der Waals surface area (Å²) in [5, 5.41) is 6.19. The van der Waals surface area contributed by atoms with Crippen molar-refractivity contribution in [2.45, 2.75) is 64.3 Å². The van der Waals surface area contributed by atoms with Crippen LogP contribution in [0.5, 0.6) is 0 Å². The number of carbonyl (C=O) groups is 2. The zero-order chi connectivity index (χ0) is 21.9. The average Bonchev–Trinajstić information content (AvgIpc) is 3.60. The second-order valence-corrected chi connectivity index (χ2v) is 9.54. The molecular formula is C27H33N3O2. The van der Waals surface area contributed by atoms with Gasteiger partial charge in [-0.15, -0.1) is 0 Å². The Labute approximate surface area is 190 Å². The molecule has 0 aromatic heterocycles. The minimum Gasteiger partial charge on any atom is -0.371 e. The summed E-state index contributed by atoms with van der Waals surface area (Å²) in [6.07, 6.45) is 10.2. The van der Waals surface area contributed by atoms with Gasteiger partial charge in [-0.05, 0) is 79.8 Å². The highest BCUT2D eigenvalue weighted by Crippen LogP contribution is 2.32. The third kappa shape index (κ3) is 4.82. The van der Waals surface area contributed by atoms with E-state index >= 15 is 0 Å². The number of hydrogen-bond donors (Lipinski definition) is 2. The van der Waals surface area contributed by atoms with Crippen molar-refractivity contribution in [3.8, 4) is 0 Å². The third-order valence-electron chi connectivity index (χ3n) is 7.02. The van der Waals surface area contributed by atoms with E-state index in [1.54, 1.807) is 0 Å². The van der Waals surface area contributed by atoms with E-state index in [4.69, 9.17) is 0 Å². The van der Waals surface area contributed by atoms with Gasteiger partial charge in [0.05, 0.1) is 11.3 Å². The number of benzene rings is 2. The second-order valence-electron chi connectivity index (χ2n) is 9.54. The molecular weight excluding hydrogens is 398 g/mol. The van der Waals surface area contributed by atoms with Gasteiger partial charge in [-0.25, -0.2) is 0 Å². The second kappa shape index (κ2) is 9.35. The summed E-state index contributed by atoms with van der Waals surface area (Å²) < 4.78 is 0. The maximum Gasteiger partial charge on any atom is 0.253 e. The fourth-order valence-corrected chi connectivity index (χ4v) is 4.98. The van der Waals surface area contributed by atoms with Crippen molar-refractivity contribution in [2.24, 2.45) is 5.92 Å². The Balaban J connectivity index is 1.34. The maximum atomic E-state index is 13.2. The van der Waals surface area contributed by atoms with Crippen LogP contribution in [0.4, 0.5) is 11.4 Å². The Bertz CT molecular complexity index is 1000. The van der Waals surface area contributed by atoms with E-state index in [1.807, 2.05) is 18.2 Å². The first kappa shape index (κ1) is 21.0. The summed E-state index contributed by atoms with van der Waals surface area (Å²) in [5.41, 5.74) is 6.45. The molecule has 1 saturated heterocycles. The Morgan fingerprint density at radius 3 is 2.44 bits per heavy atom. The number of rotatable bonds is 6. The van der Waals surface area contributed by atoms with Gasteiger partial charge in [-0.2, -0.15) is 0 Å². The number of fused-ring (bicyclic) bond motifs is 1. The van der Waals surface area contributed by atoms with Crippen molar-refractivity contribution in [1.82, 2.24) is 5.32 Å². The number of nitrogens with one attached hydrogen (secondary N) is 2. The topological polar surface area (TPSA) is 61.4 Å². The van der Waals surface area contributed by atoms with E-state index < -0.39 is 0 Å². The minimum atomic E-state index is -0.0511. The minimum absolute atomic E-state index is 0.0511. The molecule has 5 rings (SSSR count). The first-order valence-corrected chi connectivity index (χ1v) is 12.3. The van der Waals surface area contributed by atoms with Gasteiger partial charge in [0.25, 0.3) is 5.91 Å². The van der Waals surface area contributed by atoms with E-state index in [0.717, 1.165) is 62.1 Å². The number of carbonyl (C=O) groups excluding carboxylic acids is 2. The van der Waals surface area contributed by atoms with Gasteiger partial charge in [0, 0.05) is 31.2 Å². The van der Waals surface area contributed by atoms with Crippen LogP contribution >= 0.6 is 0 Å². The molecule has 5 nitrogen and oxygen atoms in total. The van der Waals surface area contributed by atoms with Gasteiger partial charge in [-0.1, -0.05) is 31.0 Å². The first-order chi connectivity index (χ1) is 15.7. The molecule has 0 radical (unpaired) electrons. The highest BCUT2D eigenvalue weighted by Gasteiger charge is 2.30. The van der Waals surface area contributed by atoms with Crippen LogP contribution < -0.4 is 15.5 Å². The van der Waals surface area contributed by atoms with Gasteiger partial charge in [0.15, 0.2) is 0 Å². The normalized spacial score (nSPS) is 18.1. The maximum absolute atomic E-state index is 13.2. The summed E-state index contributed by atoms with van der Waals surface area (Å²) in [4.78, 5) is 27.8. The van der Waals surface area contributed by atoms with Gasteiger partial charge in [-0.3, -0.25) is 9.59 Å². The zero-order valence-corrected chi connectivity index (χ0v) is 18.8. The summed E-state index contributed by atoms with van der Waals surface area (Å²) in [6, 6.07) is 12.3. The Kier molecular flexibility index (Phi) is 6.15. The molecule has 0 spiro atoms. The van der Waals surface area contributed by atoms with Gasteiger partial charge in [0.1, 0.15) is 0 Å². The fourth-order valence-electron chi connectivity index (χ4n) is 4.98. The highest BCUT2D eigenvalue weighted by molar-refractivity contribution is 6.02. The number of amides is 2. The molecule has 3 aliphatic rings. The third-order valence-corrected chi connectivity index (χ3v) is 7.02. The molecule has 2 amide bonds. The van der Waals surface area contributed by atoms with Crippen LogP contribution in [0.3, 0.4) is 0 Å². The molecule has 2 aromatic rings. The van der Waals surface area contributed by atoms with Crippen molar-refractivity contribution in [3.05, 3.63) is 58.7 Å². The Morgan fingerprint density at radius 2 is 1.66 bits per heavy atom. The summed E-state index contributed by atoms with van der Waals surface area (Å²) in [5.74, 6) is 0.206. The molecule has 1 aliphatic heterocycles. The van der Waals surface area contributed by atoms with E-state index in [2.05, 4.69) is 33.7 Å². The van der Waals surface area contributed by atoms with Gasteiger partial charge < -0.3 is 15.5 Å². The largest absolute Gasteiger partial charge is 0.371 e. The molecule has 2 fully saturated rings. The van der Waals surface area contributed by atoms with E-state index in [1.165, 1.54) is 36.8 Å². The highest BCUT2D eigenvalue weighted by atomic mass is 16.2.